The number of furan rings is 1. The number of rotatable bonds is 7. The van der Waals surface area contributed by atoms with E-state index in [4.69, 9.17) is 4.42 Å². The van der Waals surface area contributed by atoms with Gasteiger partial charge in [-0.15, -0.1) is 0 Å². The molecule has 1 N–H and O–H groups in total. The third-order valence-corrected chi connectivity index (χ3v) is 3.02. The number of likely N-dealkylation sites (N-methyl/N-ethyl adjacent to an activating group) is 1. The van der Waals surface area contributed by atoms with Crippen LogP contribution in [0.2, 0.25) is 0 Å². The average molecular weight is 262 g/mol. The van der Waals surface area contributed by atoms with Crippen LogP contribution in [0.4, 0.5) is 10.1 Å². The summed E-state index contributed by atoms with van der Waals surface area (Å²) in [6, 6.07) is 10.6. The zero-order valence-corrected chi connectivity index (χ0v) is 11.1. The van der Waals surface area contributed by atoms with Gasteiger partial charge in [0.05, 0.1) is 18.5 Å². The Bertz CT molecular complexity index is 485. The van der Waals surface area contributed by atoms with Crippen LogP contribution in [-0.4, -0.2) is 24.5 Å². The minimum absolute atomic E-state index is 0.211. The molecular formula is C15H19FN2O. The molecule has 1 heterocycles. The van der Waals surface area contributed by atoms with Gasteiger partial charge >= 0.3 is 0 Å². The summed E-state index contributed by atoms with van der Waals surface area (Å²) >= 11 is 0. The quantitative estimate of drug-likeness (QED) is 0.829. The Morgan fingerprint density at radius 3 is 2.74 bits per heavy atom. The van der Waals surface area contributed by atoms with Crippen molar-refractivity contribution in [2.24, 2.45) is 0 Å². The van der Waals surface area contributed by atoms with Gasteiger partial charge in [0.2, 0.25) is 0 Å². The summed E-state index contributed by atoms with van der Waals surface area (Å²) in [5.74, 6) is 0.740. The molecule has 0 saturated heterocycles. The molecule has 0 aliphatic rings. The first kappa shape index (κ1) is 13.6. The first-order valence-electron chi connectivity index (χ1n) is 6.52. The normalized spacial score (nSPS) is 10.9. The van der Waals surface area contributed by atoms with Gasteiger partial charge in [0, 0.05) is 13.1 Å². The summed E-state index contributed by atoms with van der Waals surface area (Å²) in [5, 5.41) is 3.11. The molecule has 1 aromatic heterocycles. The Morgan fingerprint density at radius 2 is 2.05 bits per heavy atom. The van der Waals surface area contributed by atoms with Gasteiger partial charge in [0.15, 0.2) is 0 Å². The van der Waals surface area contributed by atoms with Gasteiger partial charge in [0.1, 0.15) is 11.6 Å². The maximum Gasteiger partial charge on any atom is 0.146 e. The lowest BCUT2D eigenvalue weighted by molar-refractivity contribution is 0.265. The molecule has 0 saturated carbocycles. The number of hydrogen-bond acceptors (Lipinski definition) is 3. The van der Waals surface area contributed by atoms with E-state index >= 15 is 0 Å². The third kappa shape index (κ3) is 4.10. The zero-order valence-electron chi connectivity index (χ0n) is 11.1. The van der Waals surface area contributed by atoms with Crippen molar-refractivity contribution in [3.05, 3.63) is 54.2 Å². The van der Waals surface area contributed by atoms with Crippen molar-refractivity contribution in [3.8, 4) is 0 Å². The molecule has 19 heavy (non-hydrogen) atoms. The average Bonchev–Trinajstić information content (AvgIpc) is 2.92. The van der Waals surface area contributed by atoms with Gasteiger partial charge < -0.3 is 9.73 Å². The fourth-order valence-electron chi connectivity index (χ4n) is 1.93. The second-order valence-electron chi connectivity index (χ2n) is 4.35. The first-order valence-corrected chi connectivity index (χ1v) is 6.52. The van der Waals surface area contributed by atoms with Crippen molar-refractivity contribution >= 4 is 5.69 Å². The van der Waals surface area contributed by atoms with Crippen molar-refractivity contribution in [2.45, 2.75) is 13.5 Å². The molecule has 0 bridgehead atoms. The maximum atomic E-state index is 13.4. The molecule has 0 aliphatic heterocycles. The van der Waals surface area contributed by atoms with Crippen LogP contribution < -0.4 is 5.32 Å². The van der Waals surface area contributed by atoms with Crippen LogP contribution in [0.25, 0.3) is 0 Å². The highest BCUT2D eigenvalue weighted by Gasteiger charge is 2.06. The Hall–Kier alpha value is -1.81. The molecule has 0 fully saturated rings. The van der Waals surface area contributed by atoms with Crippen LogP contribution in [0.5, 0.6) is 0 Å². The van der Waals surface area contributed by atoms with E-state index in [-0.39, 0.29) is 5.82 Å². The summed E-state index contributed by atoms with van der Waals surface area (Å²) in [5.41, 5.74) is 0.552. The summed E-state index contributed by atoms with van der Waals surface area (Å²) in [7, 11) is 0. The minimum Gasteiger partial charge on any atom is -0.468 e. The molecule has 4 heteroatoms. The monoisotopic (exact) mass is 262 g/mol. The lowest BCUT2D eigenvalue weighted by atomic mass is 10.3. The fourth-order valence-corrected chi connectivity index (χ4v) is 1.93. The van der Waals surface area contributed by atoms with E-state index in [2.05, 4.69) is 17.1 Å². The van der Waals surface area contributed by atoms with Crippen molar-refractivity contribution in [1.82, 2.24) is 4.90 Å². The van der Waals surface area contributed by atoms with Crippen molar-refractivity contribution in [2.75, 3.05) is 25.0 Å². The highest BCUT2D eigenvalue weighted by atomic mass is 19.1. The van der Waals surface area contributed by atoms with Crippen LogP contribution in [0.15, 0.2) is 47.1 Å². The Morgan fingerprint density at radius 1 is 1.21 bits per heavy atom. The predicted molar refractivity (Wildman–Crippen MR) is 74.5 cm³/mol. The number of nitrogens with one attached hydrogen (secondary N) is 1. The summed E-state index contributed by atoms with van der Waals surface area (Å²) in [6.07, 6.45) is 1.68. The molecule has 0 radical (unpaired) electrons. The topological polar surface area (TPSA) is 28.4 Å². The van der Waals surface area contributed by atoms with E-state index in [1.165, 1.54) is 6.07 Å². The number of para-hydroxylation sites is 1. The number of nitrogens with zero attached hydrogens (tertiary/aromatic N) is 1. The van der Waals surface area contributed by atoms with E-state index in [0.29, 0.717) is 12.2 Å². The lowest BCUT2D eigenvalue weighted by Crippen LogP contribution is -2.28. The van der Waals surface area contributed by atoms with Gasteiger partial charge in [-0.1, -0.05) is 19.1 Å². The van der Waals surface area contributed by atoms with Crippen molar-refractivity contribution < 1.29 is 8.81 Å². The highest BCUT2D eigenvalue weighted by molar-refractivity contribution is 5.44. The standard InChI is InChI=1S/C15H19FN2O/c1-2-18(12-13-6-5-11-19-13)10-9-17-15-8-4-3-7-14(15)16/h3-8,11,17H,2,9-10,12H2,1H3. The van der Waals surface area contributed by atoms with Crippen LogP contribution in [0, 0.1) is 5.82 Å². The molecule has 102 valence electrons. The second-order valence-corrected chi connectivity index (χ2v) is 4.35. The van der Waals surface area contributed by atoms with E-state index in [1.807, 2.05) is 18.2 Å². The molecule has 0 atom stereocenters. The zero-order chi connectivity index (χ0) is 13.5. The van der Waals surface area contributed by atoms with Crippen molar-refractivity contribution in [3.63, 3.8) is 0 Å². The van der Waals surface area contributed by atoms with E-state index in [9.17, 15) is 4.39 Å². The largest absolute Gasteiger partial charge is 0.468 e. The van der Waals surface area contributed by atoms with Crippen LogP contribution in [0.3, 0.4) is 0 Å². The molecule has 0 amide bonds. The Labute approximate surface area is 113 Å². The predicted octanol–water partition coefficient (Wildman–Crippen LogP) is 3.35. The van der Waals surface area contributed by atoms with Gasteiger partial charge in [0.25, 0.3) is 0 Å². The molecule has 2 aromatic rings. The van der Waals surface area contributed by atoms with Crippen LogP contribution >= 0.6 is 0 Å². The van der Waals surface area contributed by atoms with Gasteiger partial charge in [-0.25, -0.2) is 4.39 Å². The van der Waals surface area contributed by atoms with Gasteiger partial charge in [-0.3, -0.25) is 4.90 Å². The first-order chi connectivity index (χ1) is 9.29. The number of benzene rings is 1. The minimum atomic E-state index is -0.211. The Kier molecular flexibility index (Phi) is 4.98. The highest BCUT2D eigenvalue weighted by Crippen LogP contribution is 2.12. The molecule has 0 spiro atoms. The molecule has 0 aliphatic carbocycles. The smallest absolute Gasteiger partial charge is 0.146 e. The van der Waals surface area contributed by atoms with Gasteiger partial charge in [-0.05, 0) is 30.8 Å². The summed E-state index contributed by atoms with van der Waals surface area (Å²) in [6.45, 7) is 5.36. The van der Waals surface area contributed by atoms with Gasteiger partial charge in [-0.2, -0.15) is 0 Å². The molecule has 2 rings (SSSR count). The number of halogens is 1. The maximum absolute atomic E-state index is 13.4. The fraction of sp³-hybridized carbons (Fsp3) is 0.333. The Balaban J connectivity index is 1.79. The summed E-state index contributed by atoms with van der Waals surface area (Å²) < 4.78 is 18.7. The van der Waals surface area contributed by atoms with E-state index < -0.39 is 0 Å². The number of hydrogen-bond donors (Lipinski definition) is 1. The molecular weight excluding hydrogens is 243 g/mol. The number of anilines is 1. The SMILES string of the molecule is CCN(CCNc1ccccc1F)Cc1ccco1. The second kappa shape index (κ2) is 6.95. The van der Waals surface area contributed by atoms with E-state index in [1.54, 1.807) is 18.4 Å². The molecule has 3 nitrogen and oxygen atoms in total. The van der Waals surface area contributed by atoms with Crippen molar-refractivity contribution in [1.29, 1.82) is 0 Å². The third-order valence-electron chi connectivity index (χ3n) is 3.02. The molecule has 0 unspecified atom stereocenters. The van der Waals surface area contributed by atoms with E-state index in [0.717, 1.165) is 25.4 Å². The summed E-state index contributed by atoms with van der Waals surface area (Å²) in [4.78, 5) is 2.24. The molecule has 1 aromatic carbocycles. The van der Waals surface area contributed by atoms with Crippen LogP contribution in [-0.2, 0) is 6.54 Å². The van der Waals surface area contributed by atoms with Crippen LogP contribution in [0.1, 0.15) is 12.7 Å². The lowest BCUT2D eigenvalue weighted by Gasteiger charge is -2.19.